The Labute approximate surface area is 104 Å². The largest absolute Gasteiger partial charge is 0.359 e. The van der Waals surface area contributed by atoms with Crippen LogP contribution in [0.5, 0.6) is 0 Å². The lowest BCUT2D eigenvalue weighted by atomic mass is 10.2. The fraction of sp³-hybridized carbons (Fsp3) is 0.250. The molecule has 3 N–H and O–H groups in total. The minimum absolute atomic E-state index is 0.640. The number of hydrogen-bond acceptors (Lipinski definition) is 4. The van der Waals surface area contributed by atoms with Crippen molar-refractivity contribution in [2.24, 2.45) is 5.73 Å². The average molecular weight is 242 g/mol. The molecule has 3 rings (SSSR count). The van der Waals surface area contributed by atoms with Gasteiger partial charge in [0.15, 0.2) is 5.82 Å². The van der Waals surface area contributed by atoms with Crippen molar-refractivity contribution in [1.82, 2.24) is 25.2 Å². The van der Waals surface area contributed by atoms with E-state index in [0.29, 0.717) is 6.54 Å². The van der Waals surface area contributed by atoms with Gasteiger partial charge in [0.05, 0.1) is 5.69 Å². The van der Waals surface area contributed by atoms with E-state index in [9.17, 15) is 0 Å². The number of rotatable bonds is 4. The summed E-state index contributed by atoms with van der Waals surface area (Å²) >= 11 is 0. The van der Waals surface area contributed by atoms with Crippen molar-refractivity contribution in [2.45, 2.75) is 12.8 Å². The molecule has 0 spiro atoms. The first-order chi connectivity index (χ1) is 8.90. The number of aromatic nitrogens is 5. The van der Waals surface area contributed by atoms with Crippen LogP contribution in [-0.4, -0.2) is 31.7 Å². The van der Waals surface area contributed by atoms with Gasteiger partial charge < -0.3 is 10.7 Å². The Morgan fingerprint density at radius 1 is 1.28 bits per heavy atom. The normalized spacial score (nSPS) is 11.2. The molecule has 0 saturated carbocycles. The van der Waals surface area contributed by atoms with Crippen LogP contribution in [0.25, 0.3) is 16.6 Å². The van der Waals surface area contributed by atoms with Crippen LogP contribution in [0.1, 0.15) is 12.2 Å². The van der Waals surface area contributed by atoms with Gasteiger partial charge in [-0.25, -0.2) is 0 Å². The van der Waals surface area contributed by atoms with Crippen molar-refractivity contribution < 1.29 is 0 Å². The molecule has 2 heterocycles. The van der Waals surface area contributed by atoms with Gasteiger partial charge in [-0.3, -0.25) is 0 Å². The lowest BCUT2D eigenvalue weighted by molar-refractivity contribution is 0.729. The summed E-state index contributed by atoms with van der Waals surface area (Å²) in [5, 5.41) is 13.0. The molecular weight excluding hydrogens is 228 g/mol. The number of nitrogens with zero attached hydrogens (tertiary/aromatic N) is 4. The number of para-hydroxylation sites is 1. The monoisotopic (exact) mass is 242 g/mol. The Balaban J connectivity index is 2.06. The molecule has 0 unspecified atom stereocenters. The molecule has 3 aromatic rings. The van der Waals surface area contributed by atoms with E-state index in [1.807, 2.05) is 24.4 Å². The first-order valence-electron chi connectivity index (χ1n) is 5.94. The highest BCUT2D eigenvalue weighted by molar-refractivity contribution is 5.88. The highest BCUT2D eigenvalue weighted by Crippen LogP contribution is 2.21. The first-order valence-corrected chi connectivity index (χ1v) is 5.94. The van der Waals surface area contributed by atoms with Gasteiger partial charge >= 0.3 is 0 Å². The van der Waals surface area contributed by atoms with Crippen LogP contribution in [0.2, 0.25) is 0 Å². The lowest BCUT2D eigenvalue weighted by Crippen LogP contribution is -2.06. The minimum Gasteiger partial charge on any atom is -0.359 e. The average Bonchev–Trinajstić information content (AvgIpc) is 3.02. The number of fused-ring (bicyclic) bond motifs is 1. The third-order valence-corrected chi connectivity index (χ3v) is 2.93. The smallest absolute Gasteiger partial charge is 0.156 e. The van der Waals surface area contributed by atoms with Gasteiger partial charge in [0, 0.05) is 23.5 Å². The van der Waals surface area contributed by atoms with Crippen molar-refractivity contribution in [3.63, 3.8) is 0 Å². The fourth-order valence-corrected chi connectivity index (χ4v) is 2.04. The zero-order chi connectivity index (χ0) is 12.4. The van der Waals surface area contributed by atoms with Crippen LogP contribution in [-0.2, 0) is 6.42 Å². The predicted molar refractivity (Wildman–Crippen MR) is 68.4 cm³/mol. The zero-order valence-electron chi connectivity index (χ0n) is 9.87. The maximum absolute atomic E-state index is 5.52. The number of benzene rings is 1. The van der Waals surface area contributed by atoms with E-state index in [1.54, 1.807) is 4.68 Å². The Kier molecular flexibility index (Phi) is 2.77. The van der Waals surface area contributed by atoms with Crippen LogP contribution >= 0.6 is 0 Å². The molecule has 0 aliphatic carbocycles. The molecule has 0 atom stereocenters. The predicted octanol–water partition coefficient (Wildman–Crippen LogP) is 1.03. The van der Waals surface area contributed by atoms with E-state index < -0.39 is 0 Å². The summed E-state index contributed by atoms with van der Waals surface area (Å²) in [5.74, 6) is 0.838. The van der Waals surface area contributed by atoms with E-state index in [1.165, 1.54) is 0 Å². The van der Waals surface area contributed by atoms with E-state index in [4.69, 9.17) is 5.73 Å². The van der Waals surface area contributed by atoms with Gasteiger partial charge in [0.25, 0.3) is 0 Å². The second kappa shape index (κ2) is 4.58. The standard InChI is InChI=1S/C12H14N6/c13-7-3-6-12-15-16-17-18(12)11-8-14-10-5-2-1-4-9(10)11/h1-2,4-5,8,14H,3,6-7,13H2. The van der Waals surface area contributed by atoms with E-state index >= 15 is 0 Å². The molecule has 0 fully saturated rings. The first kappa shape index (κ1) is 10.9. The molecular formula is C12H14N6. The van der Waals surface area contributed by atoms with Gasteiger partial charge in [0.1, 0.15) is 0 Å². The molecule has 0 bridgehead atoms. The summed E-state index contributed by atoms with van der Waals surface area (Å²) in [5.41, 5.74) is 7.57. The second-order valence-electron chi connectivity index (χ2n) is 4.12. The zero-order valence-corrected chi connectivity index (χ0v) is 9.87. The van der Waals surface area contributed by atoms with Crippen molar-refractivity contribution in [1.29, 1.82) is 0 Å². The molecule has 0 aliphatic rings. The molecule has 92 valence electrons. The third-order valence-electron chi connectivity index (χ3n) is 2.93. The van der Waals surface area contributed by atoms with Crippen molar-refractivity contribution in [3.05, 3.63) is 36.3 Å². The van der Waals surface area contributed by atoms with Crippen LogP contribution in [0.15, 0.2) is 30.5 Å². The summed E-state index contributed by atoms with van der Waals surface area (Å²) < 4.78 is 1.77. The quantitative estimate of drug-likeness (QED) is 0.715. The van der Waals surface area contributed by atoms with Gasteiger partial charge in [0.2, 0.25) is 0 Å². The number of nitrogens with one attached hydrogen (secondary N) is 1. The molecule has 0 aliphatic heterocycles. The fourth-order valence-electron chi connectivity index (χ4n) is 2.04. The van der Waals surface area contributed by atoms with Crippen LogP contribution in [0, 0.1) is 0 Å². The van der Waals surface area contributed by atoms with Gasteiger partial charge in [-0.05, 0) is 29.5 Å². The summed E-state index contributed by atoms with van der Waals surface area (Å²) in [6.45, 7) is 0.640. The summed E-state index contributed by atoms with van der Waals surface area (Å²) in [4.78, 5) is 3.22. The van der Waals surface area contributed by atoms with Crippen LogP contribution < -0.4 is 5.73 Å². The van der Waals surface area contributed by atoms with Crippen molar-refractivity contribution in [2.75, 3.05) is 6.54 Å². The van der Waals surface area contributed by atoms with E-state index in [-0.39, 0.29) is 0 Å². The number of aryl methyl sites for hydroxylation is 1. The Morgan fingerprint density at radius 2 is 2.17 bits per heavy atom. The molecule has 1 aromatic carbocycles. The van der Waals surface area contributed by atoms with Crippen LogP contribution in [0.3, 0.4) is 0 Å². The number of H-pyrrole nitrogens is 1. The highest BCUT2D eigenvalue weighted by Gasteiger charge is 2.11. The minimum atomic E-state index is 0.640. The summed E-state index contributed by atoms with van der Waals surface area (Å²) in [6.07, 6.45) is 3.58. The highest BCUT2D eigenvalue weighted by atomic mass is 15.5. The van der Waals surface area contributed by atoms with Gasteiger partial charge in [-0.1, -0.05) is 18.2 Å². The molecule has 6 heteroatoms. The van der Waals surface area contributed by atoms with Gasteiger partial charge in [-0.15, -0.1) is 5.10 Å². The molecule has 2 aromatic heterocycles. The Hall–Kier alpha value is -2.21. The maximum atomic E-state index is 5.52. The summed E-state index contributed by atoms with van der Waals surface area (Å²) in [7, 11) is 0. The molecule has 0 radical (unpaired) electrons. The van der Waals surface area contributed by atoms with Crippen molar-refractivity contribution >= 4 is 10.9 Å². The SMILES string of the molecule is NCCCc1nnnn1-c1c[nH]c2ccccc12. The van der Waals surface area contributed by atoms with Gasteiger partial charge in [-0.2, -0.15) is 4.68 Å². The maximum Gasteiger partial charge on any atom is 0.156 e. The number of hydrogen-bond donors (Lipinski definition) is 2. The number of tetrazole rings is 1. The summed E-state index contributed by atoms with van der Waals surface area (Å²) in [6, 6.07) is 8.08. The molecule has 6 nitrogen and oxygen atoms in total. The topological polar surface area (TPSA) is 85.4 Å². The second-order valence-corrected chi connectivity index (χ2v) is 4.12. The third kappa shape index (κ3) is 1.76. The van der Waals surface area contributed by atoms with E-state index in [0.717, 1.165) is 35.3 Å². The molecule has 0 amide bonds. The molecule has 18 heavy (non-hydrogen) atoms. The Bertz CT molecular complexity index is 653. The number of nitrogens with two attached hydrogens (primary N) is 1. The molecule has 0 saturated heterocycles. The van der Waals surface area contributed by atoms with Crippen molar-refractivity contribution in [3.8, 4) is 5.69 Å². The van der Waals surface area contributed by atoms with Crippen LogP contribution in [0.4, 0.5) is 0 Å². The van der Waals surface area contributed by atoms with E-state index in [2.05, 4.69) is 26.6 Å². The Morgan fingerprint density at radius 3 is 3.06 bits per heavy atom. The number of aromatic amines is 1. The lowest BCUT2D eigenvalue weighted by Gasteiger charge is -2.02.